The van der Waals surface area contributed by atoms with Gasteiger partial charge >= 0.3 is 5.97 Å². The molecule has 0 aliphatic heterocycles. The second-order valence-corrected chi connectivity index (χ2v) is 8.56. The molecule has 0 bridgehead atoms. The zero-order chi connectivity index (χ0) is 24.9. The molecule has 0 amide bonds. The fourth-order valence-electron chi connectivity index (χ4n) is 4.13. The lowest BCUT2D eigenvalue weighted by molar-refractivity contribution is 0.0697. The third-order valence-corrected chi connectivity index (χ3v) is 6.29. The van der Waals surface area contributed by atoms with Crippen molar-refractivity contribution in [3.63, 3.8) is 0 Å². The molecule has 1 unspecified atom stereocenters. The van der Waals surface area contributed by atoms with Crippen molar-refractivity contribution in [2.24, 2.45) is 5.16 Å². The first-order valence-corrected chi connectivity index (χ1v) is 11.3. The van der Waals surface area contributed by atoms with Crippen molar-refractivity contribution in [2.75, 3.05) is 0 Å². The van der Waals surface area contributed by atoms with Gasteiger partial charge in [-0.2, -0.15) is 4.39 Å². The molecule has 3 aromatic carbocycles. The van der Waals surface area contributed by atoms with Gasteiger partial charge in [0, 0.05) is 30.2 Å². The van der Waals surface area contributed by atoms with Gasteiger partial charge in [-0.15, -0.1) is 0 Å². The molecule has 7 heteroatoms. The number of carboxylic acids is 1. The van der Waals surface area contributed by atoms with Gasteiger partial charge in [-0.25, -0.2) is 9.78 Å². The molecule has 1 heterocycles. The Hall–Kier alpha value is -4.03. The van der Waals surface area contributed by atoms with Gasteiger partial charge < -0.3 is 10.3 Å². The number of carbonyl (C=O) groups is 1. The van der Waals surface area contributed by atoms with Gasteiger partial charge in [0.05, 0.1) is 16.3 Å². The molecule has 0 saturated heterocycles. The minimum Gasteiger partial charge on any atom is -0.478 e. The van der Waals surface area contributed by atoms with E-state index in [4.69, 9.17) is 16.7 Å². The van der Waals surface area contributed by atoms with E-state index in [0.717, 1.165) is 33.9 Å². The molecule has 1 atom stereocenters. The van der Waals surface area contributed by atoms with Gasteiger partial charge in [0.15, 0.2) is 0 Å². The molecule has 0 saturated carbocycles. The summed E-state index contributed by atoms with van der Waals surface area (Å²) in [5, 5.41) is 22.6. The topological polar surface area (TPSA) is 82.8 Å². The van der Waals surface area contributed by atoms with E-state index in [0.29, 0.717) is 0 Å². The number of benzene rings is 3. The van der Waals surface area contributed by atoms with Crippen molar-refractivity contribution in [2.45, 2.75) is 19.3 Å². The SMILES string of the molecule is Cc1ccccc1C(CC(=NO)c1cc(F)ncc1Cl)c1ccc(-c2ccc(C(=O)O)cc2)cc1. The maximum absolute atomic E-state index is 13.8. The van der Waals surface area contributed by atoms with Crippen molar-refractivity contribution in [3.05, 3.63) is 124 Å². The summed E-state index contributed by atoms with van der Waals surface area (Å²) in [5.74, 6) is -1.88. The Morgan fingerprint density at radius 3 is 2.26 bits per heavy atom. The van der Waals surface area contributed by atoms with Crippen LogP contribution in [0.15, 0.2) is 90.2 Å². The Morgan fingerprint density at radius 2 is 1.66 bits per heavy atom. The van der Waals surface area contributed by atoms with Crippen LogP contribution >= 0.6 is 11.6 Å². The van der Waals surface area contributed by atoms with E-state index in [2.05, 4.69) is 10.1 Å². The van der Waals surface area contributed by atoms with Crippen molar-refractivity contribution < 1.29 is 19.5 Å². The highest BCUT2D eigenvalue weighted by molar-refractivity contribution is 6.34. The lowest BCUT2D eigenvalue weighted by Gasteiger charge is -2.21. The zero-order valence-electron chi connectivity index (χ0n) is 18.8. The van der Waals surface area contributed by atoms with E-state index in [1.54, 1.807) is 24.3 Å². The largest absolute Gasteiger partial charge is 0.478 e. The second kappa shape index (κ2) is 10.5. The van der Waals surface area contributed by atoms with Crippen LogP contribution in [0.4, 0.5) is 4.39 Å². The summed E-state index contributed by atoms with van der Waals surface area (Å²) in [6, 6.07) is 23.7. The average Bonchev–Trinajstić information content (AvgIpc) is 2.87. The lowest BCUT2D eigenvalue weighted by Crippen LogP contribution is -2.12. The number of aromatic nitrogens is 1. The summed E-state index contributed by atoms with van der Waals surface area (Å²) in [5.41, 5.74) is 5.67. The molecule has 5 nitrogen and oxygen atoms in total. The fraction of sp³-hybridized carbons (Fsp3) is 0.107. The fourth-order valence-corrected chi connectivity index (χ4v) is 4.34. The zero-order valence-corrected chi connectivity index (χ0v) is 19.6. The number of pyridine rings is 1. The average molecular weight is 489 g/mol. The third kappa shape index (κ3) is 5.39. The third-order valence-electron chi connectivity index (χ3n) is 5.99. The highest BCUT2D eigenvalue weighted by Gasteiger charge is 2.22. The maximum Gasteiger partial charge on any atom is 0.335 e. The summed E-state index contributed by atoms with van der Waals surface area (Å²) < 4.78 is 13.8. The van der Waals surface area contributed by atoms with E-state index in [1.165, 1.54) is 6.20 Å². The lowest BCUT2D eigenvalue weighted by atomic mass is 9.83. The minimum absolute atomic E-state index is 0.196. The Labute approximate surface area is 207 Å². The predicted octanol–water partition coefficient (Wildman–Crippen LogP) is 6.95. The summed E-state index contributed by atoms with van der Waals surface area (Å²) in [4.78, 5) is 14.7. The Balaban J connectivity index is 1.71. The van der Waals surface area contributed by atoms with Crippen molar-refractivity contribution in [1.82, 2.24) is 4.98 Å². The van der Waals surface area contributed by atoms with Gasteiger partial charge in [0.25, 0.3) is 0 Å². The van der Waals surface area contributed by atoms with E-state index >= 15 is 0 Å². The van der Waals surface area contributed by atoms with Gasteiger partial charge in [0.2, 0.25) is 5.95 Å². The number of hydrogen-bond donors (Lipinski definition) is 2. The number of nitrogens with zero attached hydrogens (tertiary/aromatic N) is 2. The normalized spacial score (nSPS) is 12.4. The van der Waals surface area contributed by atoms with Gasteiger partial charge in [0.1, 0.15) is 0 Å². The van der Waals surface area contributed by atoms with Crippen LogP contribution in [-0.4, -0.2) is 27.0 Å². The van der Waals surface area contributed by atoms with Crippen LogP contribution in [-0.2, 0) is 0 Å². The number of rotatable bonds is 7. The Morgan fingerprint density at radius 1 is 1.03 bits per heavy atom. The van der Waals surface area contributed by atoms with Gasteiger partial charge in [-0.1, -0.05) is 77.4 Å². The van der Waals surface area contributed by atoms with Gasteiger partial charge in [-0.05, 0) is 46.9 Å². The van der Waals surface area contributed by atoms with Crippen LogP contribution in [0, 0.1) is 12.9 Å². The molecule has 4 rings (SSSR count). The maximum atomic E-state index is 13.8. The first-order chi connectivity index (χ1) is 16.9. The van der Waals surface area contributed by atoms with E-state index in [-0.39, 0.29) is 34.2 Å². The number of hydrogen-bond acceptors (Lipinski definition) is 4. The van der Waals surface area contributed by atoms with Crippen LogP contribution < -0.4 is 0 Å². The number of halogens is 2. The van der Waals surface area contributed by atoms with E-state index < -0.39 is 11.9 Å². The molecule has 0 aliphatic rings. The van der Waals surface area contributed by atoms with Crippen molar-refractivity contribution in [3.8, 4) is 11.1 Å². The first-order valence-electron chi connectivity index (χ1n) is 10.9. The van der Waals surface area contributed by atoms with Crippen LogP contribution in [0.5, 0.6) is 0 Å². The molecule has 0 spiro atoms. The quantitative estimate of drug-likeness (QED) is 0.128. The Kier molecular flexibility index (Phi) is 7.22. The van der Waals surface area contributed by atoms with E-state index in [9.17, 15) is 14.4 Å². The highest BCUT2D eigenvalue weighted by Crippen LogP contribution is 2.34. The minimum atomic E-state index is -0.969. The Bertz CT molecular complexity index is 1390. The second-order valence-electron chi connectivity index (χ2n) is 8.15. The summed E-state index contributed by atoms with van der Waals surface area (Å²) >= 11 is 6.24. The van der Waals surface area contributed by atoms with Crippen molar-refractivity contribution >= 4 is 23.3 Å². The van der Waals surface area contributed by atoms with Crippen LogP contribution in [0.25, 0.3) is 11.1 Å². The summed E-state index contributed by atoms with van der Waals surface area (Å²) in [6.45, 7) is 2.01. The first kappa shape index (κ1) is 24.1. The number of aromatic carboxylic acids is 1. The van der Waals surface area contributed by atoms with Crippen LogP contribution in [0.3, 0.4) is 0 Å². The van der Waals surface area contributed by atoms with Crippen molar-refractivity contribution in [1.29, 1.82) is 0 Å². The molecule has 176 valence electrons. The summed E-state index contributed by atoms with van der Waals surface area (Å²) in [7, 11) is 0. The molecular weight excluding hydrogens is 467 g/mol. The molecule has 2 N–H and O–H groups in total. The molecule has 0 radical (unpaired) electrons. The van der Waals surface area contributed by atoms with Crippen LogP contribution in [0.1, 0.15) is 45.0 Å². The van der Waals surface area contributed by atoms with Gasteiger partial charge in [-0.3, -0.25) is 0 Å². The summed E-state index contributed by atoms with van der Waals surface area (Å²) in [6.07, 6.45) is 1.47. The monoisotopic (exact) mass is 488 g/mol. The molecule has 4 aromatic rings. The molecule has 0 aliphatic carbocycles. The molecule has 1 aromatic heterocycles. The molecular formula is C28H22ClFN2O3. The standard InChI is InChI=1S/C28H22ClFN2O3/c1-17-4-2-3-5-22(17)23(14-26(32-35)24-15-27(30)31-16-25(24)29)20-10-6-18(7-11-20)19-8-12-21(13-9-19)28(33)34/h2-13,15-16,23,35H,14H2,1H3,(H,33,34). The number of oxime groups is 1. The van der Waals surface area contributed by atoms with E-state index in [1.807, 2.05) is 55.5 Å². The number of carboxylic acid groups (broad SMARTS) is 1. The highest BCUT2D eigenvalue weighted by atomic mass is 35.5. The van der Waals surface area contributed by atoms with Crippen LogP contribution in [0.2, 0.25) is 5.02 Å². The number of aryl methyl sites for hydroxylation is 1. The molecule has 0 fully saturated rings. The smallest absolute Gasteiger partial charge is 0.335 e. The predicted molar refractivity (Wildman–Crippen MR) is 134 cm³/mol. The molecule has 35 heavy (non-hydrogen) atoms.